The van der Waals surface area contributed by atoms with E-state index in [0.29, 0.717) is 5.92 Å². The van der Waals surface area contributed by atoms with Gasteiger partial charge in [0.25, 0.3) is 0 Å². The van der Waals surface area contributed by atoms with Crippen molar-refractivity contribution in [3.05, 3.63) is 17.3 Å². The summed E-state index contributed by atoms with van der Waals surface area (Å²) in [5.74, 6) is 2.29. The zero-order valence-corrected chi connectivity index (χ0v) is 10.2. The molecule has 1 atom stereocenters. The Kier molecular flexibility index (Phi) is 3.61. The Balaban J connectivity index is 2.10. The lowest BCUT2D eigenvalue weighted by Crippen LogP contribution is -2.33. The molecule has 4 nitrogen and oxygen atoms in total. The van der Waals surface area contributed by atoms with E-state index in [9.17, 15) is 0 Å². The van der Waals surface area contributed by atoms with Crippen LogP contribution in [-0.4, -0.2) is 24.7 Å². The van der Waals surface area contributed by atoms with E-state index in [2.05, 4.69) is 24.1 Å². The third-order valence-electron chi connectivity index (χ3n) is 2.69. The topological polar surface area (TPSA) is 47.3 Å². The summed E-state index contributed by atoms with van der Waals surface area (Å²) in [6, 6.07) is 0. The molecule has 0 aromatic carbocycles. The number of aromatic nitrogens is 1. The molecule has 0 saturated carbocycles. The van der Waals surface area contributed by atoms with Crippen LogP contribution >= 0.6 is 0 Å². The fourth-order valence-corrected chi connectivity index (χ4v) is 1.94. The van der Waals surface area contributed by atoms with E-state index in [1.807, 2.05) is 6.92 Å². The lowest BCUT2D eigenvalue weighted by atomic mass is 10.1. The van der Waals surface area contributed by atoms with Crippen LogP contribution < -0.4 is 5.32 Å². The Hall–Kier alpha value is -0.870. The molecule has 2 rings (SSSR count). The summed E-state index contributed by atoms with van der Waals surface area (Å²) in [6.45, 7) is 8.79. The fraction of sp³-hybridized carbons (Fsp3) is 0.750. The molecule has 16 heavy (non-hydrogen) atoms. The van der Waals surface area contributed by atoms with Gasteiger partial charge in [-0.05, 0) is 12.8 Å². The number of oxazole rings is 1. The van der Waals surface area contributed by atoms with Gasteiger partial charge in [-0.2, -0.15) is 0 Å². The van der Waals surface area contributed by atoms with Crippen molar-refractivity contribution in [1.29, 1.82) is 0 Å². The van der Waals surface area contributed by atoms with Gasteiger partial charge in [0.2, 0.25) is 0 Å². The summed E-state index contributed by atoms with van der Waals surface area (Å²) in [5, 5.41) is 3.30. The summed E-state index contributed by atoms with van der Waals surface area (Å²) in [5.41, 5.74) is 0.961. The quantitative estimate of drug-likeness (QED) is 0.851. The zero-order chi connectivity index (χ0) is 11.5. The van der Waals surface area contributed by atoms with Gasteiger partial charge < -0.3 is 14.5 Å². The molecule has 0 bridgehead atoms. The normalized spacial score (nSPS) is 21.6. The second kappa shape index (κ2) is 4.97. The minimum Gasteiger partial charge on any atom is -0.446 e. The van der Waals surface area contributed by atoms with Crippen LogP contribution in [0.1, 0.15) is 37.3 Å². The second-order valence-electron chi connectivity index (χ2n) is 4.71. The number of hydrogen-bond donors (Lipinski definition) is 1. The van der Waals surface area contributed by atoms with Crippen LogP contribution in [0.4, 0.5) is 0 Å². The zero-order valence-electron chi connectivity index (χ0n) is 10.2. The first-order valence-electron chi connectivity index (χ1n) is 5.95. The van der Waals surface area contributed by atoms with Gasteiger partial charge in [-0.25, -0.2) is 4.98 Å². The van der Waals surface area contributed by atoms with Crippen LogP contribution in [0.15, 0.2) is 4.42 Å². The van der Waals surface area contributed by atoms with Gasteiger partial charge in [-0.15, -0.1) is 0 Å². The van der Waals surface area contributed by atoms with E-state index in [4.69, 9.17) is 9.15 Å². The van der Waals surface area contributed by atoms with Crippen molar-refractivity contribution < 1.29 is 9.15 Å². The number of nitrogens with one attached hydrogen (secondary N) is 1. The molecule has 1 unspecified atom stereocenters. The molecule has 0 radical (unpaired) electrons. The molecular formula is C12H20N2O2. The van der Waals surface area contributed by atoms with Gasteiger partial charge in [0.1, 0.15) is 17.6 Å². The molecule has 4 heteroatoms. The minimum absolute atomic E-state index is 0.0541. The van der Waals surface area contributed by atoms with Crippen LogP contribution in [-0.2, 0) is 11.2 Å². The van der Waals surface area contributed by atoms with Gasteiger partial charge in [-0.3, -0.25) is 0 Å². The first-order valence-corrected chi connectivity index (χ1v) is 5.95. The maximum Gasteiger partial charge on any atom is 0.194 e. The molecule has 1 fully saturated rings. The van der Waals surface area contributed by atoms with E-state index in [-0.39, 0.29) is 6.10 Å². The van der Waals surface area contributed by atoms with Crippen molar-refractivity contribution in [2.75, 3.05) is 19.7 Å². The number of ether oxygens (including phenoxy) is 1. The molecule has 1 saturated heterocycles. The Morgan fingerprint density at radius 1 is 1.50 bits per heavy atom. The molecule has 0 amide bonds. The van der Waals surface area contributed by atoms with E-state index in [1.165, 1.54) is 0 Å². The van der Waals surface area contributed by atoms with Gasteiger partial charge in [-0.1, -0.05) is 13.8 Å². The molecule has 1 aromatic rings. The first-order chi connectivity index (χ1) is 7.66. The summed E-state index contributed by atoms with van der Waals surface area (Å²) in [6.07, 6.45) is 0.944. The van der Waals surface area contributed by atoms with Crippen LogP contribution in [0.25, 0.3) is 0 Å². The highest BCUT2D eigenvalue weighted by Crippen LogP contribution is 2.23. The Labute approximate surface area is 96.4 Å². The first kappa shape index (κ1) is 11.6. The molecule has 0 spiro atoms. The van der Waals surface area contributed by atoms with Crippen LogP contribution in [0, 0.1) is 12.8 Å². The van der Waals surface area contributed by atoms with E-state index in [1.54, 1.807) is 0 Å². The number of morpholine rings is 1. The van der Waals surface area contributed by atoms with Crippen molar-refractivity contribution in [2.45, 2.75) is 33.3 Å². The third-order valence-corrected chi connectivity index (χ3v) is 2.69. The van der Waals surface area contributed by atoms with Gasteiger partial charge >= 0.3 is 0 Å². The van der Waals surface area contributed by atoms with E-state index < -0.39 is 0 Å². The molecule has 1 aromatic heterocycles. The standard InChI is InChI=1S/C12H20N2O2/c1-8(2)6-11-14-12(9(3)16-11)10-7-13-4-5-15-10/h8,10,13H,4-7H2,1-3H3. The maximum absolute atomic E-state index is 5.68. The smallest absolute Gasteiger partial charge is 0.194 e. The minimum atomic E-state index is 0.0541. The number of nitrogens with zero attached hydrogens (tertiary/aromatic N) is 1. The van der Waals surface area contributed by atoms with Crippen LogP contribution in [0.3, 0.4) is 0 Å². The Morgan fingerprint density at radius 2 is 2.31 bits per heavy atom. The number of hydrogen-bond acceptors (Lipinski definition) is 4. The average molecular weight is 224 g/mol. The highest BCUT2D eigenvalue weighted by atomic mass is 16.5. The molecule has 1 N–H and O–H groups in total. The fourth-order valence-electron chi connectivity index (χ4n) is 1.94. The lowest BCUT2D eigenvalue weighted by Gasteiger charge is -2.22. The van der Waals surface area contributed by atoms with Crippen molar-refractivity contribution >= 4 is 0 Å². The lowest BCUT2D eigenvalue weighted by molar-refractivity contribution is 0.0244. The molecule has 1 aliphatic rings. The number of aryl methyl sites for hydroxylation is 1. The van der Waals surface area contributed by atoms with E-state index in [0.717, 1.165) is 43.5 Å². The molecule has 1 aliphatic heterocycles. The summed E-state index contributed by atoms with van der Waals surface area (Å²) < 4.78 is 11.3. The van der Waals surface area contributed by atoms with Gasteiger partial charge in [0, 0.05) is 19.5 Å². The molecule has 2 heterocycles. The summed E-state index contributed by atoms with van der Waals surface area (Å²) in [7, 11) is 0. The third kappa shape index (κ3) is 2.62. The SMILES string of the molecule is Cc1oc(CC(C)C)nc1C1CNCCO1. The average Bonchev–Trinajstić information content (AvgIpc) is 2.60. The van der Waals surface area contributed by atoms with Crippen molar-refractivity contribution in [3.8, 4) is 0 Å². The van der Waals surface area contributed by atoms with E-state index >= 15 is 0 Å². The maximum atomic E-state index is 5.68. The molecule has 90 valence electrons. The molecular weight excluding hydrogens is 204 g/mol. The monoisotopic (exact) mass is 224 g/mol. The van der Waals surface area contributed by atoms with Crippen molar-refractivity contribution in [3.63, 3.8) is 0 Å². The second-order valence-corrected chi connectivity index (χ2v) is 4.71. The Morgan fingerprint density at radius 3 is 2.94 bits per heavy atom. The summed E-state index contributed by atoms with van der Waals surface area (Å²) >= 11 is 0. The van der Waals surface area contributed by atoms with Gasteiger partial charge in [0.15, 0.2) is 5.89 Å². The van der Waals surface area contributed by atoms with Crippen molar-refractivity contribution in [2.24, 2.45) is 5.92 Å². The predicted molar refractivity (Wildman–Crippen MR) is 61.3 cm³/mol. The van der Waals surface area contributed by atoms with Crippen LogP contribution in [0.5, 0.6) is 0 Å². The van der Waals surface area contributed by atoms with Crippen molar-refractivity contribution in [1.82, 2.24) is 10.3 Å². The highest BCUT2D eigenvalue weighted by molar-refractivity contribution is 5.13. The predicted octanol–water partition coefficient (Wildman–Crippen LogP) is 1.84. The van der Waals surface area contributed by atoms with Gasteiger partial charge in [0.05, 0.1) is 6.61 Å². The Bertz CT molecular complexity index is 341. The molecule has 0 aliphatic carbocycles. The summed E-state index contributed by atoms with van der Waals surface area (Å²) in [4.78, 5) is 4.54. The largest absolute Gasteiger partial charge is 0.446 e. The number of rotatable bonds is 3. The van der Waals surface area contributed by atoms with Crippen LogP contribution in [0.2, 0.25) is 0 Å². The highest BCUT2D eigenvalue weighted by Gasteiger charge is 2.22.